The Morgan fingerprint density at radius 3 is 2.88 bits per heavy atom. The number of thioether (sulfide) groups is 1. The van der Waals surface area contributed by atoms with Gasteiger partial charge in [-0.1, -0.05) is 18.7 Å². The molecule has 17 heavy (non-hydrogen) atoms. The molecule has 1 amide bonds. The maximum atomic E-state index is 11.1. The van der Waals surface area contributed by atoms with E-state index >= 15 is 0 Å². The van der Waals surface area contributed by atoms with Crippen LogP contribution in [0.1, 0.15) is 13.3 Å². The zero-order valence-electron chi connectivity index (χ0n) is 9.90. The Morgan fingerprint density at radius 1 is 1.71 bits per heavy atom. The van der Waals surface area contributed by atoms with Crippen LogP contribution in [0.4, 0.5) is 0 Å². The number of hydrogen-bond acceptors (Lipinski definition) is 5. The van der Waals surface area contributed by atoms with Crippen LogP contribution in [0, 0.1) is 0 Å². The molecular weight excluding hydrogens is 242 g/mol. The van der Waals surface area contributed by atoms with Crippen molar-refractivity contribution >= 4 is 17.7 Å². The highest BCUT2D eigenvalue weighted by Crippen LogP contribution is 2.13. The highest BCUT2D eigenvalue weighted by molar-refractivity contribution is 7.99. The number of carbonyl (C=O) groups excluding carboxylic acids is 1. The van der Waals surface area contributed by atoms with Gasteiger partial charge in [-0.2, -0.15) is 0 Å². The number of nitrogens with two attached hydrogens (primary N) is 1. The summed E-state index contributed by atoms with van der Waals surface area (Å²) in [6.45, 7) is 2.61. The molecule has 0 saturated carbocycles. The number of nitrogens with zero attached hydrogens (tertiary/aromatic N) is 2. The minimum absolute atomic E-state index is 0.245. The van der Waals surface area contributed by atoms with Gasteiger partial charge in [0.05, 0.1) is 6.04 Å². The fourth-order valence-corrected chi connectivity index (χ4v) is 2.24. The Hall–Kier alpha value is -1.28. The van der Waals surface area contributed by atoms with Crippen molar-refractivity contribution < 1.29 is 4.79 Å². The standard InChI is InChI=1S/C9H17N5O2S/c1-3-11-6(7(10)15)4-5-17-9-13-12-8(16)14(9)2/h6,11H,3-5H2,1-2H3,(H2,10,15)(H,12,16). The first-order valence-electron chi connectivity index (χ1n) is 5.33. The summed E-state index contributed by atoms with van der Waals surface area (Å²) in [4.78, 5) is 22.2. The Labute approximate surface area is 103 Å². The molecule has 0 aliphatic carbocycles. The molecule has 0 fully saturated rings. The molecule has 0 aliphatic rings. The van der Waals surface area contributed by atoms with Crippen LogP contribution in [0.2, 0.25) is 0 Å². The molecule has 1 aromatic rings. The number of primary amides is 1. The number of rotatable bonds is 7. The summed E-state index contributed by atoms with van der Waals surface area (Å²) in [5.41, 5.74) is 5.00. The lowest BCUT2D eigenvalue weighted by atomic mass is 10.2. The second-order valence-electron chi connectivity index (χ2n) is 3.52. The van der Waals surface area contributed by atoms with Gasteiger partial charge in [0.2, 0.25) is 5.91 Å². The van der Waals surface area contributed by atoms with Crippen molar-refractivity contribution in [3.8, 4) is 0 Å². The summed E-state index contributed by atoms with van der Waals surface area (Å²) in [6.07, 6.45) is 0.606. The molecule has 96 valence electrons. The molecule has 1 atom stereocenters. The molecule has 7 nitrogen and oxygen atoms in total. The Morgan fingerprint density at radius 2 is 2.41 bits per heavy atom. The maximum Gasteiger partial charge on any atom is 0.343 e. The highest BCUT2D eigenvalue weighted by Gasteiger charge is 2.14. The summed E-state index contributed by atoms with van der Waals surface area (Å²) in [5, 5.41) is 9.82. The van der Waals surface area contributed by atoms with Gasteiger partial charge in [0.1, 0.15) is 0 Å². The van der Waals surface area contributed by atoms with E-state index in [9.17, 15) is 9.59 Å². The molecule has 0 aliphatic heterocycles. The monoisotopic (exact) mass is 259 g/mol. The van der Waals surface area contributed by atoms with Crippen molar-refractivity contribution in [3.05, 3.63) is 10.5 Å². The lowest BCUT2D eigenvalue weighted by molar-refractivity contribution is -0.120. The van der Waals surface area contributed by atoms with E-state index < -0.39 is 0 Å². The Kier molecular flexibility index (Phi) is 5.23. The number of aromatic nitrogens is 3. The van der Waals surface area contributed by atoms with Gasteiger partial charge in [0, 0.05) is 12.8 Å². The third kappa shape index (κ3) is 3.90. The highest BCUT2D eigenvalue weighted by atomic mass is 32.2. The molecule has 1 heterocycles. The van der Waals surface area contributed by atoms with Crippen LogP contribution < -0.4 is 16.7 Å². The summed E-state index contributed by atoms with van der Waals surface area (Å²) in [5.74, 6) is 0.307. The fraction of sp³-hybridized carbons (Fsp3) is 0.667. The lowest BCUT2D eigenvalue weighted by Crippen LogP contribution is -2.41. The van der Waals surface area contributed by atoms with E-state index in [2.05, 4.69) is 15.5 Å². The zero-order chi connectivity index (χ0) is 12.8. The number of nitrogens with one attached hydrogen (secondary N) is 2. The van der Waals surface area contributed by atoms with E-state index in [-0.39, 0.29) is 17.6 Å². The molecule has 0 spiro atoms. The van der Waals surface area contributed by atoms with Gasteiger partial charge in [-0.15, -0.1) is 5.10 Å². The molecule has 1 rings (SSSR count). The van der Waals surface area contributed by atoms with Crippen molar-refractivity contribution in [1.29, 1.82) is 0 Å². The molecule has 0 bridgehead atoms. The van der Waals surface area contributed by atoms with E-state index in [0.29, 0.717) is 23.9 Å². The summed E-state index contributed by atoms with van der Waals surface area (Å²) >= 11 is 1.41. The van der Waals surface area contributed by atoms with Crippen LogP contribution in [-0.4, -0.2) is 39.0 Å². The molecule has 0 saturated heterocycles. The molecule has 8 heteroatoms. The second kappa shape index (κ2) is 6.45. The number of likely N-dealkylation sites (N-methyl/N-ethyl adjacent to an activating group) is 1. The second-order valence-corrected chi connectivity index (χ2v) is 4.58. The quantitative estimate of drug-likeness (QED) is 0.548. The number of hydrogen-bond donors (Lipinski definition) is 3. The van der Waals surface area contributed by atoms with Crippen LogP contribution in [0.3, 0.4) is 0 Å². The average molecular weight is 259 g/mol. The molecule has 0 aromatic carbocycles. The topological polar surface area (TPSA) is 106 Å². The predicted molar refractivity (Wildman–Crippen MR) is 65.8 cm³/mol. The number of amides is 1. The number of carbonyl (C=O) groups is 1. The van der Waals surface area contributed by atoms with Gasteiger partial charge in [-0.05, 0) is 13.0 Å². The average Bonchev–Trinajstić information content (AvgIpc) is 2.59. The Balaban J connectivity index is 2.43. The van der Waals surface area contributed by atoms with Crippen LogP contribution in [0.15, 0.2) is 9.95 Å². The molecule has 4 N–H and O–H groups in total. The zero-order valence-corrected chi connectivity index (χ0v) is 10.7. The predicted octanol–water partition coefficient (Wildman–Crippen LogP) is -0.946. The molecular formula is C9H17N5O2S. The van der Waals surface area contributed by atoms with Crippen molar-refractivity contribution in [1.82, 2.24) is 20.1 Å². The van der Waals surface area contributed by atoms with Crippen LogP contribution >= 0.6 is 11.8 Å². The fourth-order valence-electron chi connectivity index (χ4n) is 1.32. The lowest BCUT2D eigenvalue weighted by Gasteiger charge is -2.12. The van der Waals surface area contributed by atoms with Crippen molar-refractivity contribution in [2.45, 2.75) is 24.5 Å². The van der Waals surface area contributed by atoms with E-state index in [1.165, 1.54) is 16.3 Å². The van der Waals surface area contributed by atoms with Gasteiger partial charge in [-0.25, -0.2) is 9.89 Å². The minimum atomic E-state index is -0.358. The summed E-state index contributed by atoms with van der Waals surface area (Å²) in [7, 11) is 1.64. The number of aromatic amines is 1. The Bertz CT molecular complexity index is 427. The minimum Gasteiger partial charge on any atom is -0.368 e. The first-order chi connectivity index (χ1) is 8.06. The third-order valence-corrected chi connectivity index (χ3v) is 3.33. The van der Waals surface area contributed by atoms with Crippen molar-refractivity contribution in [3.63, 3.8) is 0 Å². The van der Waals surface area contributed by atoms with Gasteiger partial charge < -0.3 is 11.1 Å². The van der Waals surface area contributed by atoms with Crippen LogP contribution in [-0.2, 0) is 11.8 Å². The van der Waals surface area contributed by atoms with E-state index in [4.69, 9.17) is 5.73 Å². The van der Waals surface area contributed by atoms with E-state index in [0.717, 1.165) is 0 Å². The largest absolute Gasteiger partial charge is 0.368 e. The first-order valence-corrected chi connectivity index (χ1v) is 6.31. The first kappa shape index (κ1) is 13.8. The van der Waals surface area contributed by atoms with E-state index in [1.807, 2.05) is 6.92 Å². The summed E-state index contributed by atoms with van der Waals surface area (Å²) < 4.78 is 1.43. The van der Waals surface area contributed by atoms with Gasteiger partial charge in [0.25, 0.3) is 0 Å². The van der Waals surface area contributed by atoms with Crippen molar-refractivity contribution in [2.24, 2.45) is 12.8 Å². The third-order valence-electron chi connectivity index (χ3n) is 2.27. The molecule has 1 unspecified atom stereocenters. The summed E-state index contributed by atoms with van der Waals surface area (Å²) in [6, 6.07) is -0.330. The van der Waals surface area contributed by atoms with E-state index in [1.54, 1.807) is 7.05 Å². The van der Waals surface area contributed by atoms with Gasteiger partial charge in [0.15, 0.2) is 5.16 Å². The normalized spacial score (nSPS) is 12.6. The van der Waals surface area contributed by atoms with Gasteiger partial charge in [-0.3, -0.25) is 9.36 Å². The van der Waals surface area contributed by atoms with Crippen LogP contribution in [0.25, 0.3) is 0 Å². The SMILES string of the molecule is CCNC(CCSc1n[nH]c(=O)n1C)C(N)=O. The maximum absolute atomic E-state index is 11.1. The number of H-pyrrole nitrogens is 1. The van der Waals surface area contributed by atoms with Crippen LogP contribution in [0.5, 0.6) is 0 Å². The van der Waals surface area contributed by atoms with Gasteiger partial charge >= 0.3 is 5.69 Å². The van der Waals surface area contributed by atoms with Crippen molar-refractivity contribution in [2.75, 3.05) is 12.3 Å². The molecule has 1 aromatic heterocycles. The smallest absolute Gasteiger partial charge is 0.343 e. The molecule has 0 radical (unpaired) electrons.